The average molecular weight is 445 g/mol. The quantitative estimate of drug-likeness (QED) is 0.411. The highest BCUT2D eigenvalue weighted by molar-refractivity contribution is 7.99. The summed E-state index contributed by atoms with van der Waals surface area (Å²) in [4.78, 5) is 19.4. The van der Waals surface area contributed by atoms with Crippen LogP contribution in [0.15, 0.2) is 46.7 Å². The molecule has 1 spiro atoms. The van der Waals surface area contributed by atoms with Crippen LogP contribution in [0, 0.1) is 17.8 Å². The molecule has 3 aromatic rings. The Bertz CT molecular complexity index is 1210. The van der Waals surface area contributed by atoms with E-state index in [1.807, 2.05) is 6.07 Å². The van der Waals surface area contributed by atoms with Crippen LogP contribution in [0.1, 0.15) is 35.6 Å². The third kappa shape index (κ3) is 3.61. The largest absolute Gasteiger partial charge is 0.381 e. The molecular formula is C23H24N8S. The molecular weight excluding hydrogens is 420 g/mol. The summed E-state index contributed by atoms with van der Waals surface area (Å²) >= 11 is 1.32. The summed E-state index contributed by atoms with van der Waals surface area (Å²) in [7, 11) is 0. The van der Waals surface area contributed by atoms with Gasteiger partial charge in [-0.1, -0.05) is 12.0 Å². The fraction of sp³-hybridized carbons (Fsp3) is 0.304. The molecule has 5 rings (SSSR count). The van der Waals surface area contributed by atoms with Gasteiger partial charge in [0.1, 0.15) is 15.9 Å². The van der Waals surface area contributed by atoms with Crippen LogP contribution in [-0.2, 0) is 6.42 Å². The van der Waals surface area contributed by atoms with Gasteiger partial charge in [0.2, 0.25) is 5.95 Å². The molecule has 1 saturated heterocycles. The predicted octanol–water partition coefficient (Wildman–Crippen LogP) is 2.41. The van der Waals surface area contributed by atoms with E-state index >= 15 is 0 Å². The van der Waals surface area contributed by atoms with E-state index in [-0.39, 0.29) is 17.4 Å². The van der Waals surface area contributed by atoms with Crippen LogP contribution in [-0.4, -0.2) is 33.0 Å². The molecule has 1 fully saturated rings. The Kier molecular flexibility index (Phi) is 5.12. The van der Waals surface area contributed by atoms with Gasteiger partial charge in [-0.2, -0.15) is 0 Å². The van der Waals surface area contributed by atoms with Gasteiger partial charge in [-0.15, -0.1) is 6.42 Å². The number of rotatable bonds is 3. The second kappa shape index (κ2) is 7.97. The normalized spacial score (nSPS) is 19.0. The van der Waals surface area contributed by atoms with E-state index < -0.39 is 0 Å². The molecule has 2 aliphatic rings. The second-order valence-electron chi connectivity index (χ2n) is 8.34. The first kappa shape index (κ1) is 20.5. The Morgan fingerprint density at radius 2 is 1.94 bits per heavy atom. The van der Waals surface area contributed by atoms with Crippen molar-refractivity contribution >= 4 is 29.3 Å². The van der Waals surface area contributed by atoms with Crippen molar-refractivity contribution in [1.29, 1.82) is 0 Å². The van der Waals surface area contributed by atoms with E-state index in [1.165, 1.54) is 22.9 Å². The van der Waals surface area contributed by atoms with E-state index in [2.05, 4.69) is 42.9 Å². The first-order valence-electron chi connectivity index (χ1n) is 10.5. The van der Waals surface area contributed by atoms with E-state index in [4.69, 9.17) is 23.6 Å². The first-order valence-corrected chi connectivity index (χ1v) is 11.3. The van der Waals surface area contributed by atoms with Crippen LogP contribution in [0.25, 0.3) is 0 Å². The lowest BCUT2D eigenvalue weighted by Crippen LogP contribution is -2.44. The van der Waals surface area contributed by atoms with Gasteiger partial charge in [0.05, 0.1) is 6.20 Å². The minimum absolute atomic E-state index is 0.00294. The standard InChI is InChI=1S/C23H24N8S/c1-2-14-3-4-15-12-23(19(24)16(15)11-14)6-9-31(10-7-23)17-13-28-21(20(25)29-17)32-18-5-8-27-22(26)30-18/h1,3-5,8,11,13,19H,6-7,9-10,12,24H2,(H2,25,29)(H2,26,27,30)/t19-/m1/s1. The molecule has 3 heterocycles. The van der Waals surface area contributed by atoms with Crippen molar-refractivity contribution in [1.82, 2.24) is 19.9 Å². The highest BCUT2D eigenvalue weighted by Crippen LogP contribution is 2.51. The molecule has 1 aliphatic heterocycles. The van der Waals surface area contributed by atoms with Gasteiger partial charge in [-0.25, -0.2) is 19.9 Å². The van der Waals surface area contributed by atoms with Crippen LogP contribution >= 0.6 is 11.8 Å². The molecule has 0 saturated carbocycles. The molecule has 1 atom stereocenters. The van der Waals surface area contributed by atoms with Crippen LogP contribution in [0.4, 0.5) is 17.6 Å². The molecule has 0 unspecified atom stereocenters. The summed E-state index contributed by atoms with van der Waals surface area (Å²) in [5.74, 6) is 4.08. The van der Waals surface area contributed by atoms with Crippen molar-refractivity contribution in [2.24, 2.45) is 11.1 Å². The topological polar surface area (TPSA) is 133 Å². The number of piperidine rings is 1. The monoisotopic (exact) mass is 444 g/mol. The number of hydrogen-bond acceptors (Lipinski definition) is 9. The van der Waals surface area contributed by atoms with Gasteiger partial charge in [0.15, 0.2) is 5.82 Å². The number of hydrogen-bond donors (Lipinski definition) is 3. The molecule has 0 amide bonds. The Hall–Kier alpha value is -3.35. The number of nitrogens with zero attached hydrogens (tertiary/aromatic N) is 5. The summed E-state index contributed by atoms with van der Waals surface area (Å²) in [6.45, 7) is 1.71. The van der Waals surface area contributed by atoms with Crippen molar-refractivity contribution in [3.63, 3.8) is 0 Å². The van der Waals surface area contributed by atoms with Gasteiger partial charge in [-0.05, 0) is 65.8 Å². The number of fused-ring (bicyclic) bond motifs is 1. The lowest BCUT2D eigenvalue weighted by atomic mass is 9.73. The molecule has 6 N–H and O–H groups in total. The fourth-order valence-corrected chi connectivity index (χ4v) is 5.47. The summed E-state index contributed by atoms with van der Waals surface area (Å²) in [6.07, 6.45) is 11.9. The third-order valence-electron chi connectivity index (χ3n) is 6.53. The number of anilines is 3. The van der Waals surface area contributed by atoms with Crippen LogP contribution in [0.3, 0.4) is 0 Å². The molecule has 2 aromatic heterocycles. The third-order valence-corrected chi connectivity index (χ3v) is 7.48. The van der Waals surface area contributed by atoms with Crippen molar-refractivity contribution in [3.8, 4) is 12.3 Å². The van der Waals surface area contributed by atoms with Gasteiger partial charge < -0.3 is 22.1 Å². The molecule has 1 aromatic carbocycles. The lowest BCUT2D eigenvalue weighted by Gasteiger charge is -2.42. The Balaban J connectivity index is 1.28. The molecule has 32 heavy (non-hydrogen) atoms. The Labute approximate surface area is 191 Å². The Morgan fingerprint density at radius 3 is 2.66 bits per heavy atom. The lowest BCUT2D eigenvalue weighted by molar-refractivity contribution is 0.187. The summed E-state index contributed by atoms with van der Waals surface area (Å²) < 4.78 is 0. The maximum absolute atomic E-state index is 6.73. The number of nitrogen functional groups attached to an aromatic ring is 2. The number of aromatic nitrogens is 4. The Morgan fingerprint density at radius 1 is 1.12 bits per heavy atom. The van der Waals surface area contributed by atoms with E-state index in [9.17, 15) is 0 Å². The number of benzene rings is 1. The van der Waals surface area contributed by atoms with Crippen molar-refractivity contribution in [2.45, 2.75) is 35.4 Å². The maximum atomic E-state index is 6.73. The zero-order chi connectivity index (χ0) is 22.3. The highest BCUT2D eigenvalue weighted by atomic mass is 32.2. The second-order valence-corrected chi connectivity index (χ2v) is 9.34. The smallest absolute Gasteiger partial charge is 0.221 e. The zero-order valence-electron chi connectivity index (χ0n) is 17.5. The van der Waals surface area contributed by atoms with Gasteiger partial charge in [0.25, 0.3) is 0 Å². The van der Waals surface area contributed by atoms with E-state index in [0.717, 1.165) is 43.7 Å². The average Bonchev–Trinajstić information content (AvgIpc) is 3.06. The van der Waals surface area contributed by atoms with Crippen molar-refractivity contribution < 1.29 is 0 Å². The zero-order valence-corrected chi connectivity index (χ0v) is 18.3. The van der Waals surface area contributed by atoms with Crippen LogP contribution < -0.4 is 22.1 Å². The molecule has 8 nitrogen and oxygen atoms in total. The SMILES string of the molecule is C#Cc1ccc2c(c1)[C@@H](N)C1(CCN(c3cnc(Sc4ccnc(N)n4)c(N)n3)CC1)C2. The number of terminal acetylenes is 1. The first-order chi connectivity index (χ1) is 15.5. The fourth-order valence-electron chi connectivity index (χ4n) is 4.75. The minimum Gasteiger partial charge on any atom is -0.381 e. The minimum atomic E-state index is 0.00294. The summed E-state index contributed by atoms with van der Waals surface area (Å²) in [5.41, 5.74) is 22.1. The molecule has 162 valence electrons. The molecule has 0 radical (unpaired) electrons. The molecule has 0 bridgehead atoms. The van der Waals surface area contributed by atoms with E-state index in [0.29, 0.717) is 15.9 Å². The van der Waals surface area contributed by atoms with Crippen molar-refractivity contribution in [2.75, 3.05) is 29.5 Å². The van der Waals surface area contributed by atoms with Crippen LogP contribution in [0.5, 0.6) is 0 Å². The van der Waals surface area contributed by atoms with Crippen molar-refractivity contribution in [3.05, 3.63) is 53.3 Å². The maximum Gasteiger partial charge on any atom is 0.221 e. The summed E-state index contributed by atoms with van der Waals surface area (Å²) in [6, 6.07) is 7.99. The van der Waals surface area contributed by atoms with Gasteiger partial charge in [-0.3, -0.25) is 0 Å². The van der Waals surface area contributed by atoms with Gasteiger partial charge in [0, 0.05) is 30.9 Å². The number of nitrogens with two attached hydrogens (primary N) is 3. The molecule has 9 heteroatoms. The summed E-state index contributed by atoms with van der Waals surface area (Å²) in [5, 5.41) is 1.27. The molecule has 1 aliphatic carbocycles. The predicted molar refractivity (Wildman–Crippen MR) is 126 cm³/mol. The highest BCUT2D eigenvalue weighted by Gasteiger charge is 2.46. The van der Waals surface area contributed by atoms with E-state index in [1.54, 1.807) is 18.5 Å². The van der Waals surface area contributed by atoms with Gasteiger partial charge >= 0.3 is 0 Å². The van der Waals surface area contributed by atoms with Crippen LogP contribution in [0.2, 0.25) is 0 Å².